The van der Waals surface area contributed by atoms with Crippen LogP contribution in [0.15, 0.2) is 158 Å². The number of carboxylic acids is 1. The lowest BCUT2D eigenvalue weighted by Crippen LogP contribution is -2.24. The molecule has 4 heterocycles. The van der Waals surface area contributed by atoms with Crippen LogP contribution in [0.2, 0.25) is 5.02 Å². The zero-order valence-corrected chi connectivity index (χ0v) is 47.2. The van der Waals surface area contributed by atoms with Crippen LogP contribution >= 0.6 is 11.6 Å². The number of aromatic nitrogens is 6. The fraction of sp³-hybridized carbons (Fsp3) is 0.227. The van der Waals surface area contributed by atoms with Gasteiger partial charge < -0.3 is 30.1 Å². The predicted octanol–water partition coefficient (Wildman–Crippen LogP) is 13.7. The number of carbonyl (C=O) groups is 2. The van der Waals surface area contributed by atoms with E-state index in [-0.39, 0.29) is 41.6 Å². The van der Waals surface area contributed by atoms with Gasteiger partial charge in [-0.15, -0.1) is 0 Å². The zero-order valence-electron chi connectivity index (χ0n) is 46.4. The normalized spacial score (nSPS) is 16.1. The highest BCUT2D eigenvalue weighted by molar-refractivity contribution is 6.31. The number of amides is 1. The van der Waals surface area contributed by atoms with E-state index >= 15 is 0 Å². The first-order chi connectivity index (χ1) is 38.9. The SMILES string of the molecule is C=C1Cc2c(cnn2-c2ccc(C)c(Cl)c2)C(c2ccc(O)cc2)C1.C=C1Cc2c(cnn2-c2cccc(C)c2C)C(c2ccc(C(=O)O)cc2)C1.COc1cc(C2CC(=O)Nc3c2cnn3-c2cc(C)cc(C)c2)cc(OC)c1O. The lowest BCUT2D eigenvalue weighted by Gasteiger charge is -2.26. The molecule has 14 nitrogen and oxygen atoms in total. The molecule has 3 aliphatic rings. The molecule has 0 spiro atoms. The third-order valence-corrected chi connectivity index (χ3v) is 16.0. The number of phenols is 2. The third kappa shape index (κ3) is 11.2. The number of methoxy groups -OCH3 is 2. The minimum absolute atomic E-state index is 0.0647. The fourth-order valence-electron chi connectivity index (χ4n) is 11.3. The number of carbonyl (C=O) groups excluding carboxylic acids is 1. The van der Waals surface area contributed by atoms with E-state index in [2.05, 4.69) is 66.8 Å². The molecule has 6 aromatic carbocycles. The van der Waals surface area contributed by atoms with Crippen molar-refractivity contribution in [3.05, 3.63) is 241 Å². The number of fused-ring (bicyclic) bond motifs is 3. The Kier molecular flexibility index (Phi) is 15.6. The lowest BCUT2D eigenvalue weighted by molar-refractivity contribution is -0.116. The van der Waals surface area contributed by atoms with Crippen LogP contribution in [-0.2, 0) is 17.6 Å². The number of anilines is 1. The maximum Gasteiger partial charge on any atom is 0.335 e. The standard InChI is InChI=1S/C23H22N2O2.C22H23N3O4.C21H19ClN2O/c1-14-11-19(17-7-9-18(10-8-17)23(26)27)20-13-24-25(22(20)12-14)21-6-4-5-15(2)16(21)3;1-12-5-13(2)7-15(6-12)25-22-17(11-23-25)16(10-20(26)24-22)14-8-18(28-3)21(27)19(9-14)29-4;1-13-9-18(15-4-7-17(25)8-5-15)19-12-23-24(21(19)10-13)16-6-3-14(2)20(22)11-16/h4-10,13,19H,1,11-12H2,2-3H3,(H,26,27);5-9,11,16,27H,10H2,1-4H3,(H,24,26);3-8,11-12,18,25H,1,9-10H2,2H3. The average molecular weight is 1100 g/mol. The highest BCUT2D eigenvalue weighted by Crippen LogP contribution is 2.46. The summed E-state index contributed by atoms with van der Waals surface area (Å²) in [7, 11) is 2.96. The maximum absolute atomic E-state index is 12.5. The van der Waals surface area contributed by atoms with Crippen molar-refractivity contribution in [1.29, 1.82) is 0 Å². The molecular formula is C66H64ClN7O7. The first-order valence-corrected chi connectivity index (χ1v) is 27.1. The number of halogens is 1. The average Bonchev–Trinajstić information content (AvgIpc) is 4.24. The van der Waals surface area contributed by atoms with Gasteiger partial charge in [-0.25, -0.2) is 18.8 Å². The van der Waals surface area contributed by atoms with Gasteiger partial charge in [-0.1, -0.05) is 84.4 Å². The Morgan fingerprint density at radius 2 is 1.16 bits per heavy atom. The molecule has 81 heavy (non-hydrogen) atoms. The molecule has 0 radical (unpaired) electrons. The zero-order chi connectivity index (χ0) is 57.4. The molecule has 9 aromatic rings. The number of aromatic hydroxyl groups is 2. The van der Waals surface area contributed by atoms with Crippen molar-refractivity contribution in [2.24, 2.45) is 0 Å². The quantitative estimate of drug-likeness (QED) is 0.102. The Balaban J connectivity index is 0.000000137. The van der Waals surface area contributed by atoms with Gasteiger partial charge in [-0.2, -0.15) is 15.3 Å². The smallest absolute Gasteiger partial charge is 0.335 e. The van der Waals surface area contributed by atoms with Gasteiger partial charge in [0.1, 0.15) is 11.6 Å². The molecule has 2 aliphatic carbocycles. The van der Waals surface area contributed by atoms with Crippen LogP contribution in [0.3, 0.4) is 0 Å². The fourth-order valence-corrected chi connectivity index (χ4v) is 11.5. The molecule has 4 N–H and O–H groups in total. The number of benzene rings is 6. The highest BCUT2D eigenvalue weighted by Gasteiger charge is 2.33. The van der Waals surface area contributed by atoms with Crippen LogP contribution in [0.5, 0.6) is 23.0 Å². The van der Waals surface area contributed by atoms with Crippen LogP contribution in [-0.4, -0.2) is 70.8 Å². The molecule has 1 aliphatic heterocycles. The number of aromatic carboxylic acids is 1. The van der Waals surface area contributed by atoms with Gasteiger partial charge in [0, 0.05) is 58.7 Å². The minimum Gasteiger partial charge on any atom is -0.508 e. The van der Waals surface area contributed by atoms with Gasteiger partial charge in [0.05, 0.1) is 66.8 Å². The lowest BCUT2D eigenvalue weighted by atomic mass is 9.80. The number of rotatable bonds is 9. The van der Waals surface area contributed by atoms with Crippen LogP contribution in [0, 0.1) is 34.6 Å². The second-order valence-electron chi connectivity index (χ2n) is 21.2. The van der Waals surface area contributed by atoms with Gasteiger partial charge in [-0.05, 0) is 159 Å². The number of aryl methyl sites for hydroxylation is 4. The van der Waals surface area contributed by atoms with Gasteiger partial charge >= 0.3 is 5.97 Å². The van der Waals surface area contributed by atoms with Crippen molar-refractivity contribution in [2.45, 2.75) is 84.5 Å². The Hall–Kier alpha value is -9.14. The largest absolute Gasteiger partial charge is 0.508 e. The molecule has 1 amide bonds. The summed E-state index contributed by atoms with van der Waals surface area (Å²) in [6.45, 7) is 18.8. The van der Waals surface area contributed by atoms with E-state index in [9.17, 15) is 19.8 Å². The van der Waals surface area contributed by atoms with E-state index in [0.717, 1.165) is 86.8 Å². The Morgan fingerprint density at radius 1 is 0.617 bits per heavy atom. The predicted molar refractivity (Wildman–Crippen MR) is 316 cm³/mol. The molecule has 3 aromatic heterocycles. The summed E-state index contributed by atoms with van der Waals surface area (Å²) in [5.74, 6) is 0.604. The van der Waals surface area contributed by atoms with Crippen molar-refractivity contribution in [1.82, 2.24) is 29.3 Å². The van der Waals surface area contributed by atoms with E-state index in [1.165, 1.54) is 58.9 Å². The van der Waals surface area contributed by atoms with E-state index in [0.29, 0.717) is 22.9 Å². The number of nitrogens with zero attached hydrogens (tertiary/aromatic N) is 6. The number of hydrogen-bond acceptors (Lipinski definition) is 9. The highest BCUT2D eigenvalue weighted by atomic mass is 35.5. The summed E-state index contributed by atoms with van der Waals surface area (Å²) >= 11 is 6.30. The van der Waals surface area contributed by atoms with Crippen LogP contribution in [0.4, 0.5) is 5.82 Å². The Morgan fingerprint density at radius 3 is 1.74 bits per heavy atom. The van der Waals surface area contributed by atoms with Gasteiger partial charge in [0.2, 0.25) is 11.7 Å². The monoisotopic (exact) mass is 1100 g/mol. The Bertz CT molecular complexity index is 3860. The first-order valence-electron chi connectivity index (χ1n) is 26.7. The van der Waals surface area contributed by atoms with Crippen LogP contribution in [0.1, 0.15) is 120 Å². The van der Waals surface area contributed by atoms with E-state index < -0.39 is 5.97 Å². The Labute approximate surface area is 476 Å². The molecule has 0 saturated heterocycles. The topological polar surface area (TPSA) is 179 Å². The maximum atomic E-state index is 12.5. The number of hydrogen-bond donors (Lipinski definition) is 4. The van der Waals surface area contributed by atoms with Crippen molar-refractivity contribution in [2.75, 3.05) is 19.5 Å². The van der Waals surface area contributed by atoms with Crippen molar-refractivity contribution in [3.8, 4) is 40.1 Å². The molecule has 412 valence electrons. The van der Waals surface area contributed by atoms with Crippen LogP contribution < -0.4 is 14.8 Å². The molecule has 3 unspecified atom stereocenters. The molecule has 0 fully saturated rings. The second kappa shape index (κ2) is 22.9. The number of nitrogens with one attached hydrogen (secondary N) is 1. The van der Waals surface area contributed by atoms with Crippen molar-refractivity contribution in [3.63, 3.8) is 0 Å². The summed E-state index contributed by atoms with van der Waals surface area (Å²) < 4.78 is 16.3. The molecule has 0 bridgehead atoms. The number of ether oxygens (including phenoxy) is 2. The third-order valence-electron chi connectivity index (χ3n) is 15.6. The van der Waals surface area contributed by atoms with Crippen LogP contribution in [0.25, 0.3) is 17.1 Å². The van der Waals surface area contributed by atoms with E-state index in [1.807, 2.05) is 97.1 Å². The molecule has 3 atom stereocenters. The number of carboxylic acid groups (broad SMARTS) is 1. The summed E-state index contributed by atoms with van der Waals surface area (Å²) in [6, 6.07) is 36.5. The number of allylic oxidation sites excluding steroid dienone is 2. The summed E-state index contributed by atoms with van der Waals surface area (Å²) in [5, 5.41) is 46.5. The van der Waals surface area contributed by atoms with Crippen molar-refractivity contribution < 1.29 is 34.4 Å². The molecule has 12 rings (SSSR count). The summed E-state index contributed by atoms with van der Waals surface area (Å²) in [6.07, 6.45) is 9.34. The molecule has 0 saturated carbocycles. The van der Waals surface area contributed by atoms with E-state index in [4.69, 9.17) is 31.3 Å². The molecule has 15 heteroatoms. The molecular weight excluding hydrogens is 1040 g/mol. The van der Waals surface area contributed by atoms with Crippen molar-refractivity contribution >= 4 is 29.3 Å². The van der Waals surface area contributed by atoms with Gasteiger partial charge in [0.15, 0.2) is 11.5 Å². The summed E-state index contributed by atoms with van der Waals surface area (Å²) in [5.41, 5.74) is 20.1. The first kappa shape index (κ1) is 55.2. The minimum atomic E-state index is -0.905. The van der Waals surface area contributed by atoms with Gasteiger partial charge in [0.25, 0.3) is 0 Å². The van der Waals surface area contributed by atoms with E-state index in [1.54, 1.807) is 47.3 Å². The number of phenolic OH excluding ortho intramolecular Hbond substituents is 2. The summed E-state index contributed by atoms with van der Waals surface area (Å²) in [4.78, 5) is 23.7. The van der Waals surface area contributed by atoms with Gasteiger partial charge in [-0.3, -0.25) is 4.79 Å². The second-order valence-corrected chi connectivity index (χ2v) is 21.6.